The molecule has 3 nitrogen and oxygen atoms in total. The molecule has 0 aliphatic heterocycles. The summed E-state index contributed by atoms with van der Waals surface area (Å²) >= 11 is 7.14. The quantitative estimate of drug-likeness (QED) is 0.826. The number of pyridine rings is 1. The SMILES string of the molecule is Cc1sc(=O)n(Cc2cc(Cl)ccn2)c1C. The Kier molecular flexibility index (Phi) is 3.12. The van der Waals surface area contributed by atoms with Crippen molar-refractivity contribution < 1.29 is 0 Å². The van der Waals surface area contributed by atoms with Crippen molar-refractivity contribution in [1.82, 2.24) is 9.55 Å². The summed E-state index contributed by atoms with van der Waals surface area (Å²) in [4.78, 5) is 17.0. The molecule has 0 fully saturated rings. The van der Waals surface area contributed by atoms with Crippen LogP contribution in [-0.2, 0) is 6.54 Å². The van der Waals surface area contributed by atoms with Crippen LogP contribution in [0.3, 0.4) is 0 Å². The predicted octanol–water partition coefficient (Wildman–Crippen LogP) is 2.62. The van der Waals surface area contributed by atoms with Gasteiger partial charge in [0.2, 0.25) is 0 Å². The maximum absolute atomic E-state index is 11.7. The van der Waals surface area contributed by atoms with Crippen LogP contribution in [0.15, 0.2) is 23.1 Å². The molecule has 0 N–H and O–H groups in total. The molecule has 0 radical (unpaired) electrons. The molecule has 0 bridgehead atoms. The third kappa shape index (κ3) is 2.18. The summed E-state index contributed by atoms with van der Waals surface area (Å²) in [7, 11) is 0. The van der Waals surface area contributed by atoms with E-state index in [0.717, 1.165) is 16.3 Å². The molecule has 2 rings (SSSR count). The Morgan fingerprint density at radius 1 is 1.50 bits per heavy atom. The van der Waals surface area contributed by atoms with E-state index in [9.17, 15) is 4.79 Å². The van der Waals surface area contributed by atoms with Crippen molar-refractivity contribution >= 4 is 22.9 Å². The highest BCUT2D eigenvalue weighted by Gasteiger charge is 2.08. The summed E-state index contributed by atoms with van der Waals surface area (Å²) in [5, 5.41) is 0.641. The van der Waals surface area contributed by atoms with Crippen LogP contribution in [0.4, 0.5) is 0 Å². The average Bonchev–Trinajstić information content (AvgIpc) is 2.45. The molecule has 0 saturated carbocycles. The number of hydrogen-bond acceptors (Lipinski definition) is 3. The van der Waals surface area contributed by atoms with Gasteiger partial charge in [0, 0.05) is 21.8 Å². The van der Waals surface area contributed by atoms with Crippen molar-refractivity contribution in [2.75, 3.05) is 0 Å². The van der Waals surface area contributed by atoms with E-state index in [-0.39, 0.29) is 4.87 Å². The third-order valence-electron chi connectivity index (χ3n) is 2.47. The van der Waals surface area contributed by atoms with Gasteiger partial charge in [-0.05, 0) is 26.0 Å². The van der Waals surface area contributed by atoms with Crippen LogP contribution in [0.25, 0.3) is 0 Å². The van der Waals surface area contributed by atoms with Gasteiger partial charge in [0.25, 0.3) is 0 Å². The normalized spacial score (nSPS) is 10.7. The summed E-state index contributed by atoms with van der Waals surface area (Å²) in [6.07, 6.45) is 1.65. The number of aryl methyl sites for hydroxylation is 1. The highest BCUT2D eigenvalue weighted by atomic mass is 35.5. The number of halogens is 1. The first kappa shape index (κ1) is 11.4. The van der Waals surface area contributed by atoms with E-state index in [1.54, 1.807) is 22.9 Å². The zero-order valence-electron chi connectivity index (χ0n) is 9.03. The lowest BCUT2D eigenvalue weighted by Gasteiger charge is -2.04. The molecular formula is C11H11ClN2OS. The molecule has 0 saturated heterocycles. The van der Waals surface area contributed by atoms with Gasteiger partial charge in [-0.15, -0.1) is 0 Å². The average molecular weight is 255 g/mol. The van der Waals surface area contributed by atoms with Gasteiger partial charge in [0.05, 0.1) is 12.2 Å². The fourth-order valence-electron chi connectivity index (χ4n) is 1.47. The fourth-order valence-corrected chi connectivity index (χ4v) is 2.48. The van der Waals surface area contributed by atoms with Gasteiger partial charge in [0.15, 0.2) is 0 Å². The van der Waals surface area contributed by atoms with Crippen molar-refractivity contribution in [2.24, 2.45) is 0 Å². The summed E-state index contributed by atoms with van der Waals surface area (Å²) in [5.74, 6) is 0. The Morgan fingerprint density at radius 2 is 2.25 bits per heavy atom. The van der Waals surface area contributed by atoms with E-state index in [1.807, 2.05) is 13.8 Å². The summed E-state index contributed by atoms with van der Waals surface area (Å²) in [6, 6.07) is 3.50. The first-order valence-corrected chi connectivity index (χ1v) is 6.04. The van der Waals surface area contributed by atoms with Crippen LogP contribution in [0.5, 0.6) is 0 Å². The minimum Gasteiger partial charge on any atom is -0.297 e. The Morgan fingerprint density at radius 3 is 2.81 bits per heavy atom. The summed E-state index contributed by atoms with van der Waals surface area (Å²) < 4.78 is 1.72. The Balaban J connectivity index is 2.38. The van der Waals surface area contributed by atoms with E-state index in [0.29, 0.717) is 11.6 Å². The van der Waals surface area contributed by atoms with Gasteiger partial charge in [-0.1, -0.05) is 22.9 Å². The first-order chi connectivity index (χ1) is 7.58. The highest BCUT2D eigenvalue weighted by molar-refractivity contribution is 7.09. The molecule has 0 aliphatic rings. The smallest absolute Gasteiger partial charge is 0.297 e. The van der Waals surface area contributed by atoms with Crippen molar-refractivity contribution in [3.8, 4) is 0 Å². The number of nitrogens with zero attached hydrogens (tertiary/aromatic N) is 2. The fraction of sp³-hybridized carbons (Fsp3) is 0.273. The van der Waals surface area contributed by atoms with Crippen molar-refractivity contribution in [3.63, 3.8) is 0 Å². The molecule has 5 heteroatoms. The molecule has 0 aromatic carbocycles. The topological polar surface area (TPSA) is 34.9 Å². The van der Waals surface area contributed by atoms with Crippen LogP contribution in [0.2, 0.25) is 5.02 Å². The second-order valence-electron chi connectivity index (χ2n) is 3.56. The van der Waals surface area contributed by atoms with Crippen molar-refractivity contribution in [3.05, 3.63) is 49.3 Å². The van der Waals surface area contributed by atoms with Gasteiger partial charge in [-0.3, -0.25) is 14.3 Å². The van der Waals surface area contributed by atoms with Crippen LogP contribution < -0.4 is 4.87 Å². The zero-order valence-corrected chi connectivity index (χ0v) is 10.6. The maximum Gasteiger partial charge on any atom is 0.307 e. The van der Waals surface area contributed by atoms with E-state index in [4.69, 9.17) is 11.6 Å². The van der Waals surface area contributed by atoms with Crippen LogP contribution in [0, 0.1) is 13.8 Å². The van der Waals surface area contributed by atoms with Crippen LogP contribution in [-0.4, -0.2) is 9.55 Å². The molecule has 0 spiro atoms. The van der Waals surface area contributed by atoms with Crippen LogP contribution in [0.1, 0.15) is 16.3 Å². The second kappa shape index (κ2) is 4.39. The lowest BCUT2D eigenvalue weighted by Crippen LogP contribution is -2.16. The molecule has 0 amide bonds. The molecule has 2 aromatic rings. The molecule has 0 atom stereocenters. The molecule has 84 valence electrons. The number of rotatable bonds is 2. The Bertz CT molecular complexity index is 574. The lowest BCUT2D eigenvalue weighted by molar-refractivity contribution is 0.732. The van der Waals surface area contributed by atoms with E-state index < -0.39 is 0 Å². The highest BCUT2D eigenvalue weighted by Crippen LogP contribution is 2.13. The largest absolute Gasteiger partial charge is 0.307 e. The number of thiazole rings is 1. The Labute approximate surface area is 102 Å². The lowest BCUT2D eigenvalue weighted by atomic mass is 10.3. The standard InChI is InChI=1S/C11H11ClN2OS/c1-7-8(2)16-11(15)14(7)6-10-5-9(12)3-4-13-10/h3-5H,6H2,1-2H3. The minimum atomic E-state index is 0.0526. The van der Waals surface area contributed by atoms with Gasteiger partial charge in [0.1, 0.15) is 0 Å². The van der Waals surface area contributed by atoms with Crippen LogP contribution >= 0.6 is 22.9 Å². The predicted molar refractivity (Wildman–Crippen MR) is 66.4 cm³/mol. The third-order valence-corrected chi connectivity index (χ3v) is 3.71. The zero-order chi connectivity index (χ0) is 11.7. The molecule has 16 heavy (non-hydrogen) atoms. The molecule has 2 heterocycles. The maximum atomic E-state index is 11.7. The van der Waals surface area contributed by atoms with Gasteiger partial charge in [-0.2, -0.15) is 0 Å². The molecule has 2 aromatic heterocycles. The Hall–Kier alpha value is -1.13. The number of aromatic nitrogens is 2. The summed E-state index contributed by atoms with van der Waals surface area (Å²) in [6.45, 7) is 4.37. The van der Waals surface area contributed by atoms with E-state index in [1.165, 1.54) is 11.3 Å². The number of hydrogen-bond donors (Lipinski definition) is 0. The van der Waals surface area contributed by atoms with Crippen molar-refractivity contribution in [2.45, 2.75) is 20.4 Å². The minimum absolute atomic E-state index is 0.0526. The van der Waals surface area contributed by atoms with Crippen molar-refractivity contribution in [1.29, 1.82) is 0 Å². The van der Waals surface area contributed by atoms with E-state index >= 15 is 0 Å². The molecule has 0 aliphatic carbocycles. The van der Waals surface area contributed by atoms with E-state index in [2.05, 4.69) is 4.98 Å². The second-order valence-corrected chi connectivity index (χ2v) is 5.16. The van der Waals surface area contributed by atoms with Gasteiger partial charge < -0.3 is 0 Å². The monoisotopic (exact) mass is 254 g/mol. The first-order valence-electron chi connectivity index (χ1n) is 4.85. The van der Waals surface area contributed by atoms with Gasteiger partial charge >= 0.3 is 4.87 Å². The molecular weight excluding hydrogens is 244 g/mol. The summed E-state index contributed by atoms with van der Waals surface area (Å²) in [5.41, 5.74) is 1.80. The van der Waals surface area contributed by atoms with Gasteiger partial charge in [-0.25, -0.2) is 0 Å². The molecule has 0 unspecified atom stereocenters.